The molecule has 2 N–H and O–H groups in total. The summed E-state index contributed by atoms with van der Waals surface area (Å²) >= 11 is 0. The molecular weight excluding hydrogens is 126 g/mol. The number of carbonyl (C=O) groups excluding carboxylic acids is 1. The van der Waals surface area contributed by atoms with Crippen LogP contribution in [0.1, 0.15) is 20.8 Å². The van der Waals surface area contributed by atoms with Crippen LogP contribution in [0.25, 0.3) is 0 Å². The molecule has 0 amide bonds. The van der Waals surface area contributed by atoms with Crippen LogP contribution in [0.15, 0.2) is 12.2 Å². The summed E-state index contributed by atoms with van der Waals surface area (Å²) in [5, 5.41) is 0. The van der Waals surface area contributed by atoms with Crippen molar-refractivity contribution in [1.29, 1.82) is 0 Å². The summed E-state index contributed by atoms with van der Waals surface area (Å²) in [4.78, 5) is 11.1. The lowest BCUT2D eigenvalue weighted by molar-refractivity contribution is -0.117. The summed E-state index contributed by atoms with van der Waals surface area (Å²) < 4.78 is 0. The van der Waals surface area contributed by atoms with E-state index in [1.54, 1.807) is 6.92 Å². The van der Waals surface area contributed by atoms with Gasteiger partial charge < -0.3 is 5.73 Å². The molecule has 0 aliphatic rings. The van der Waals surface area contributed by atoms with Crippen molar-refractivity contribution in [3.8, 4) is 0 Å². The normalized spacial score (nSPS) is 13.3. The second-order valence-electron chi connectivity index (χ2n) is 2.91. The van der Waals surface area contributed by atoms with E-state index in [2.05, 4.69) is 6.58 Å². The van der Waals surface area contributed by atoms with Gasteiger partial charge in [0.05, 0.1) is 6.04 Å². The van der Waals surface area contributed by atoms with Crippen molar-refractivity contribution >= 4 is 5.78 Å². The van der Waals surface area contributed by atoms with Gasteiger partial charge in [-0.3, -0.25) is 4.79 Å². The molecule has 0 radical (unpaired) electrons. The van der Waals surface area contributed by atoms with Crippen molar-refractivity contribution in [2.24, 2.45) is 11.7 Å². The fourth-order valence-corrected chi connectivity index (χ4v) is 0.587. The Morgan fingerprint density at radius 2 is 1.90 bits per heavy atom. The predicted octanol–water partition coefficient (Wildman–Crippen LogP) is 1.11. The van der Waals surface area contributed by atoms with Gasteiger partial charge >= 0.3 is 0 Å². The SMILES string of the molecule is C=C(C)C(=O)C(N)C(C)C. The van der Waals surface area contributed by atoms with E-state index in [1.807, 2.05) is 13.8 Å². The first-order valence-corrected chi connectivity index (χ1v) is 3.42. The van der Waals surface area contributed by atoms with Gasteiger partial charge in [0.2, 0.25) is 0 Å². The Morgan fingerprint density at radius 1 is 1.50 bits per heavy atom. The number of rotatable bonds is 3. The number of Topliss-reactive ketones (excluding diaryl/α,β-unsaturated/α-hetero) is 1. The number of ketones is 1. The van der Waals surface area contributed by atoms with E-state index in [0.29, 0.717) is 5.57 Å². The van der Waals surface area contributed by atoms with Crippen molar-refractivity contribution in [3.05, 3.63) is 12.2 Å². The molecule has 0 aliphatic heterocycles. The van der Waals surface area contributed by atoms with E-state index in [9.17, 15) is 4.79 Å². The second-order valence-corrected chi connectivity index (χ2v) is 2.91. The molecule has 0 saturated carbocycles. The zero-order chi connectivity index (χ0) is 8.31. The lowest BCUT2D eigenvalue weighted by atomic mass is 9.97. The van der Waals surface area contributed by atoms with Crippen LogP contribution in [0.5, 0.6) is 0 Å². The van der Waals surface area contributed by atoms with Gasteiger partial charge in [-0.15, -0.1) is 0 Å². The van der Waals surface area contributed by atoms with Crippen LogP contribution >= 0.6 is 0 Å². The molecule has 0 aromatic carbocycles. The van der Waals surface area contributed by atoms with Crippen molar-refractivity contribution in [3.63, 3.8) is 0 Å². The van der Waals surface area contributed by atoms with Crippen LogP contribution < -0.4 is 5.73 Å². The highest BCUT2D eigenvalue weighted by molar-refractivity contribution is 5.98. The maximum Gasteiger partial charge on any atom is 0.174 e. The third kappa shape index (κ3) is 2.31. The fourth-order valence-electron chi connectivity index (χ4n) is 0.587. The third-order valence-corrected chi connectivity index (χ3v) is 1.44. The summed E-state index contributed by atoms with van der Waals surface area (Å²) in [6.45, 7) is 9.06. The van der Waals surface area contributed by atoms with Crippen molar-refractivity contribution in [2.45, 2.75) is 26.8 Å². The number of hydrogen-bond acceptors (Lipinski definition) is 2. The van der Waals surface area contributed by atoms with Crippen LogP contribution in [0.4, 0.5) is 0 Å². The van der Waals surface area contributed by atoms with Gasteiger partial charge in [-0.05, 0) is 18.4 Å². The molecule has 2 heteroatoms. The molecule has 0 aromatic rings. The minimum Gasteiger partial charge on any atom is -0.321 e. The summed E-state index contributed by atoms with van der Waals surface area (Å²) in [6.07, 6.45) is 0. The van der Waals surface area contributed by atoms with Crippen LogP contribution in [0.3, 0.4) is 0 Å². The molecule has 0 fully saturated rings. The Hall–Kier alpha value is -0.630. The molecule has 10 heavy (non-hydrogen) atoms. The monoisotopic (exact) mass is 141 g/mol. The third-order valence-electron chi connectivity index (χ3n) is 1.44. The Balaban J connectivity index is 4.08. The molecule has 0 saturated heterocycles. The highest BCUT2D eigenvalue weighted by Gasteiger charge is 2.16. The zero-order valence-corrected chi connectivity index (χ0v) is 6.85. The van der Waals surface area contributed by atoms with E-state index < -0.39 is 0 Å². The fraction of sp³-hybridized carbons (Fsp3) is 0.625. The Kier molecular flexibility index (Phi) is 3.30. The Bertz CT molecular complexity index is 149. The summed E-state index contributed by atoms with van der Waals surface area (Å²) in [7, 11) is 0. The summed E-state index contributed by atoms with van der Waals surface area (Å²) in [5.41, 5.74) is 6.09. The van der Waals surface area contributed by atoms with Gasteiger partial charge in [0.25, 0.3) is 0 Å². The second kappa shape index (κ2) is 3.52. The molecule has 1 atom stereocenters. The van der Waals surface area contributed by atoms with Crippen molar-refractivity contribution in [2.75, 3.05) is 0 Å². The highest BCUT2D eigenvalue weighted by Crippen LogP contribution is 2.03. The smallest absolute Gasteiger partial charge is 0.174 e. The van der Waals surface area contributed by atoms with Gasteiger partial charge in [-0.25, -0.2) is 0 Å². The lowest BCUT2D eigenvalue weighted by Crippen LogP contribution is -2.35. The van der Waals surface area contributed by atoms with E-state index in [-0.39, 0.29) is 17.7 Å². The first-order valence-electron chi connectivity index (χ1n) is 3.42. The molecule has 2 nitrogen and oxygen atoms in total. The topological polar surface area (TPSA) is 43.1 Å². The van der Waals surface area contributed by atoms with E-state index in [0.717, 1.165) is 0 Å². The van der Waals surface area contributed by atoms with E-state index in [4.69, 9.17) is 5.73 Å². The number of nitrogens with two attached hydrogens (primary N) is 1. The van der Waals surface area contributed by atoms with Crippen LogP contribution in [-0.4, -0.2) is 11.8 Å². The molecule has 0 heterocycles. The molecule has 0 aromatic heterocycles. The molecule has 0 bridgehead atoms. The molecule has 0 spiro atoms. The first kappa shape index (κ1) is 9.37. The maximum absolute atomic E-state index is 11.1. The first-order chi connectivity index (χ1) is 4.46. The van der Waals surface area contributed by atoms with Gasteiger partial charge in [-0.2, -0.15) is 0 Å². The minimum absolute atomic E-state index is 0.0324. The highest BCUT2D eigenvalue weighted by atomic mass is 16.1. The average Bonchev–Trinajstić information content (AvgIpc) is 1.84. The largest absolute Gasteiger partial charge is 0.321 e. The maximum atomic E-state index is 11.1. The quantitative estimate of drug-likeness (QED) is 0.598. The molecule has 0 rings (SSSR count). The molecule has 58 valence electrons. The van der Waals surface area contributed by atoms with Gasteiger partial charge in [0.15, 0.2) is 5.78 Å². The predicted molar refractivity (Wildman–Crippen MR) is 42.6 cm³/mol. The number of hydrogen-bond donors (Lipinski definition) is 1. The van der Waals surface area contributed by atoms with Gasteiger partial charge in [0, 0.05) is 0 Å². The standard InChI is InChI=1S/C8H15NO/c1-5(2)7(9)8(10)6(3)4/h5,7H,3,9H2,1-2,4H3. The van der Waals surface area contributed by atoms with Crippen molar-refractivity contribution in [1.82, 2.24) is 0 Å². The average molecular weight is 141 g/mol. The molecular formula is C8H15NO. The van der Waals surface area contributed by atoms with Crippen LogP contribution in [0, 0.1) is 5.92 Å². The van der Waals surface area contributed by atoms with Gasteiger partial charge in [-0.1, -0.05) is 20.4 Å². The lowest BCUT2D eigenvalue weighted by Gasteiger charge is -2.13. The molecule has 1 unspecified atom stereocenters. The minimum atomic E-state index is -0.377. The van der Waals surface area contributed by atoms with Crippen molar-refractivity contribution < 1.29 is 4.79 Å². The van der Waals surface area contributed by atoms with Crippen LogP contribution in [0.2, 0.25) is 0 Å². The number of carbonyl (C=O) groups is 1. The van der Waals surface area contributed by atoms with E-state index >= 15 is 0 Å². The zero-order valence-electron chi connectivity index (χ0n) is 6.85. The summed E-state index contributed by atoms with van der Waals surface area (Å²) in [6, 6.07) is -0.377. The van der Waals surface area contributed by atoms with Gasteiger partial charge in [0.1, 0.15) is 0 Å². The van der Waals surface area contributed by atoms with E-state index in [1.165, 1.54) is 0 Å². The van der Waals surface area contributed by atoms with Crippen LogP contribution in [-0.2, 0) is 4.79 Å². The Labute approximate surface area is 62.1 Å². The Morgan fingerprint density at radius 3 is 2.00 bits per heavy atom. The summed E-state index contributed by atoms with van der Waals surface area (Å²) in [5.74, 6) is 0.166. The molecule has 0 aliphatic carbocycles.